The van der Waals surface area contributed by atoms with Gasteiger partial charge in [0.2, 0.25) is 0 Å². The van der Waals surface area contributed by atoms with Crippen LogP contribution in [0.4, 0.5) is 0 Å². The molecule has 2 aromatic carbocycles. The van der Waals surface area contributed by atoms with Gasteiger partial charge in [0.15, 0.2) is 0 Å². The van der Waals surface area contributed by atoms with Gasteiger partial charge < -0.3 is 5.73 Å². The summed E-state index contributed by atoms with van der Waals surface area (Å²) in [7, 11) is 0. The molecule has 0 aliphatic carbocycles. The van der Waals surface area contributed by atoms with Gasteiger partial charge in [-0.25, -0.2) is 0 Å². The number of nitrogens with two attached hydrogens (primary N) is 1. The summed E-state index contributed by atoms with van der Waals surface area (Å²) in [6, 6.07) is 15.5. The van der Waals surface area contributed by atoms with Crippen molar-refractivity contribution in [3.05, 3.63) is 70.3 Å². The van der Waals surface area contributed by atoms with Gasteiger partial charge in [-0.1, -0.05) is 67.4 Å². The molecule has 0 saturated carbocycles. The first-order valence-electron chi connectivity index (χ1n) is 7.38. The summed E-state index contributed by atoms with van der Waals surface area (Å²) in [6.07, 6.45) is 0.890. The van der Waals surface area contributed by atoms with Crippen molar-refractivity contribution in [3.63, 3.8) is 0 Å². The molecule has 1 atom stereocenters. The Kier molecular flexibility index (Phi) is 4.61. The van der Waals surface area contributed by atoms with Crippen LogP contribution in [0.2, 0.25) is 0 Å². The van der Waals surface area contributed by atoms with Crippen LogP contribution in [-0.4, -0.2) is 0 Å². The van der Waals surface area contributed by atoms with E-state index in [9.17, 15) is 0 Å². The van der Waals surface area contributed by atoms with E-state index in [4.69, 9.17) is 5.73 Å². The highest BCUT2D eigenvalue weighted by Gasteiger charge is 2.08. The zero-order valence-corrected chi connectivity index (χ0v) is 13.0. The Morgan fingerprint density at radius 1 is 0.850 bits per heavy atom. The first-order valence-corrected chi connectivity index (χ1v) is 7.38. The average Bonchev–Trinajstić information content (AvgIpc) is 2.38. The molecule has 2 N–H and O–H groups in total. The molecule has 20 heavy (non-hydrogen) atoms. The monoisotopic (exact) mass is 267 g/mol. The molecular formula is C19H25N. The SMILES string of the molecule is Cc1cc(C)cc(C(N)Cc2ccc(C(C)C)cc2)c1. The van der Waals surface area contributed by atoms with E-state index >= 15 is 0 Å². The minimum absolute atomic E-state index is 0.0681. The van der Waals surface area contributed by atoms with E-state index in [0.717, 1.165) is 6.42 Å². The maximum Gasteiger partial charge on any atom is 0.0335 e. The molecule has 0 amide bonds. The Bertz CT molecular complexity index is 547. The van der Waals surface area contributed by atoms with Crippen LogP contribution in [0.15, 0.2) is 42.5 Å². The quantitative estimate of drug-likeness (QED) is 0.856. The number of hydrogen-bond acceptors (Lipinski definition) is 1. The average molecular weight is 267 g/mol. The van der Waals surface area contributed by atoms with Crippen LogP contribution in [0, 0.1) is 13.8 Å². The van der Waals surface area contributed by atoms with Gasteiger partial charge >= 0.3 is 0 Å². The molecule has 0 fully saturated rings. The Morgan fingerprint density at radius 3 is 1.90 bits per heavy atom. The first kappa shape index (κ1) is 14.8. The minimum atomic E-state index is 0.0681. The second-order valence-corrected chi connectivity index (χ2v) is 6.13. The molecule has 2 rings (SSSR count). The van der Waals surface area contributed by atoms with E-state index in [1.807, 2.05) is 0 Å². The zero-order chi connectivity index (χ0) is 14.7. The number of hydrogen-bond donors (Lipinski definition) is 1. The molecular weight excluding hydrogens is 242 g/mol. The summed E-state index contributed by atoms with van der Waals surface area (Å²) in [5.41, 5.74) is 12.9. The number of benzene rings is 2. The molecule has 0 spiro atoms. The van der Waals surface area contributed by atoms with Crippen molar-refractivity contribution in [2.45, 2.75) is 46.1 Å². The van der Waals surface area contributed by atoms with Gasteiger partial charge in [-0.2, -0.15) is 0 Å². The molecule has 1 unspecified atom stereocenters. The molecule has 0 heterocycles. The molecule has 1 nitrogen and oxygen atoms in total. The second kappa shape index (κ2) is 6.23. The lowest BCUT2D eigenvalue weighted by Gasteiger charge is -2.15. The summed E-state index contributed by atoms with van der Waals surface area (Å²) in [5, 5.41) is 0. The lowest BCUT2D eigenvalue weighted by molar-refractivity contribution is 0.719. The maximum absolute atomic E-state index is 6.36. The molecule has 106 valence electrons. The lowest BCUT2D eigenvalue weighted by atomic mass is 9.95. The van der Waals surface area contributed by atoms with E-state index in [0.29, 0.717) is 5.92 Å². The van der Waals surface area contributed by atoms with E-state index in [1.54, 1.807) is 0 Å². The second-order valence-electron chi connectivity index (χ2n) is 6.13. The van der Waals surface area contributed by atoms with Crippen LogP contribution in [0.1, 0.15) is 53.6 Å². The Balaban J connectivity index is 2.12. The zero-order valence-electron chi connectivity index (χ0n) is 13.0. The largest absolute Gasteiger partial charge is 0.324 e. The van der Waals surface area contributed by atoms with E-state index in [-0.39, 0.29) is 6.04 Å². The van der Waals surface area contributed by atoms with Crippen LogP contribution in [0.3, 0.4) is 0 Å². The summed E-state index contributed by atoms with van der Waals surface area (Å²) in [6.45, 7) is 8.69. The van der Waals surface area contributed by atoms with Gasteiger partial charge in [0.1, 0.15) is 0 Å². The molecule has 0 radical (unpaired) electrons. The predicted molar refractivity (Wildman–Crippen MR) is 87.1 cm³/mol. The lowest BCUT2D eigenvalue weighted by Crippen LogP contribution is -2.13. The summed E-state index contributed by atoms with van der Waals surface area (Å²) in [5.74, 6) is 0.581. The van der Waals surface area contributed by atoms with Crippen LogP contribution in [0.5, 0.6) is 0 Å². The van der Waals surface area contributed by atoms with Crippen molar-refractivity contribution in [1.82, 2.24) is 0 Å². The van der Waals surface area contributed by atoms with Crippen molar-refractivity contribution in [2.75, 3.05) is 0 Å². The van der Waals surface area contributed by atoms with Gasteiger partial charge in [0.25, 0.3) is 0 Å². The van der Waals surface area contributed by atoms with Crippen LogP contribution < -0.4 is 5.73 Å². The standard InChI is InChI=1S/C19H25N/c1-13(2)17-7-5-16(6-8-17)12-19(20)18-10-14(3)9-15(4)11-18/h5-11,13,19H,12,20H2,1-4H3. The summed E-state index contributed by atoms with van der Waals surface area (Å²) >= 11 is 0. The van der Waals surface area contributed by atoms with Crippen molar-refractivity contribution in [3.8, 4) is 0 Å². The highest BCUT2D eigenvalue weighted by atomic mass is 14.6. The molecule has 0 bridgehead atoms. The van der Waals surface area contributed by atoms with E-state index < -0.39 is 0 Å². The predicted octanol–water partition coefficient (Wildman–Crippen LogP) is 4.67. The third-order valence-electron chi connectivity index (χ3n) is 3.77. The Hall–Kier alpha value is -1.60. The van der Waals surface area contributed by atoms with E-state index in [2.05, 4.69) is 70.2 Å². The summed E-state index contributed by atoms with van der Waals surface area (Å²) < 4.78 is 0. The van der Waals surface area contributed by atoms with Crippen LogP contribution in [-0.2, 0) is 6.42 Å². The molecule has 1 heteroatoms. The topological polar surface area (TPSA) is 26.0 Å². The fraction of sp³-hybridized carbons (Fsp3) is 0.368. The normalized spacial score (nSPS) is 12.7. The highest BCUT2D eigenvalue weighted by Crippen LogP contribution is 2.21. The van der Waals surface area contributed by atoms with Gasteiger partial charge in [-0.05, 0) is 42.9 Å². The molecule has 0 saturated heterocycles. The van der Waals surface area contributed by atoms with Gasteiger partial charge in [0, 0.05) is 6.04 Å². The summed E-state index contributed by atoms with van der Waals surface area (Å²) in [4.78, 5) is 0. The molecule has 2 aromatic rings. The van der Waals surface area contributed by atoms with Crippen LogP contribution in [0.25, 0.3) is 0 Å². The third-order valence-corrected chi connectivity index (χ3v) is 3.77. The number of aryl methyl sites for hydroxylation is 2. The van der Waals surface area contributed by atoms with Crippen molar-refractivity contribution >= 4 is 0 Å². The minimum Gasteiger partial charge on any atom is -0.324 e. The van der Waals surface area contributed by atoms with Crippen molar-refractivity contribution in [1.29, 1.82) is 0 Å². The van der Waals surface area contributed by atoms with Crippen LogP contribution >= 0.6 is 0 Å². The van der Waals surface area contributed by atoms with Gasteiger partial charge in [-0.3, -0.25) is 0 Å². The molecule has 0 aliphatic rings. The Morgan fingerprint density at radius 2 is 1.40 bits per heavy atom. The molecule has 0 aliphatic heterocycles. The first-order chi connectivity index (χ1) is 9.45. The van der Waals surface area contributed by atoms with Crippen molar-refractivity contribution < 1.29 is 0 Å². The highest BCUT2D eigenvalue weighted by molar-refractivity contribution is 5.32. The van der Waals surface area contributed by atoms with Gasteiger partial charge in [-0.15, -0.1) is 0 Å². The van der Waals surface area contributed by atoms with E-state index in [1.165, 1.54) is 27.8 Å². The molecule has 0 aromatic heterocycles. The smallest absolute Gasteiger partial charge is 0.0335 e. The van der Waals surface area contributed by atoms with Gasteiger partial charge in [0.05, 0.1) is 0 Å². The third kappa shape index (κ3) is 3.71. The number of rotatable bonds is 4. The van der Waals surface area contributed by atoms with Crippen molar-refractivity contribution in [2.24, 2.45) is 5.73 Å². The fourth-order valence-electron chi connectivity index (χ4n) is 2.63. The fourth-order valence-corrected chi connectivity index (χ4v) is 2.63. The maximum atomic E-state index is 6.36. The Labute approximate surface area is 122 Å².